The van der Waals surface area contributed by atoms with E-state index in [-0.39, 0.29) is 11.3 Å². The van der Waals surface area contributed by atoms with Crippen LogP contribution >= 0.6 is 22.9 Å². The van der Waals surface area contributed by atoms with E-state index >= 15 is 0 Å². The summed E-state index contributed by atoms with van der Waals surface area (Å²) in [4.78, 5) is 26.9. The highest BCUT2D eigenvalue weighted by Crippen LogP contribution is 2.21. The summed E-state index contributed by atoms with van der Waals surface area (Å²) in [6, 6.07) is 3.70. The van der Waals surface area contributed by atoms with Gasteiger partial charge in [0.15, 0.2) is 0 Å². The van der Waals surface area contributed by atoms with Gasteiger partial charge in [0.05, 0.1) is 16.3 Å². The summed E-state index contributed by atoms with van der Waals surface area (Å²) < 4.78 is 0. The van der Waals surface area contributed by atoms with E-state index in [4.69, 9.17) is 16.7 Å². The van der Waals surface area contributed by atoms with E-state index in [2.05, 4.69) is 15.6 Å². The van der Waals surface area contributed by atoms with E-state index in [1.165, 1.54) is 29.5 Å². The quantitative estimate of drug-likeness (QED) is 0.788. The fourth-order valence-electron chi connectivity index (χ4n) is 1.63. The summed E-state index contributed by atoms with van der Waals surface area (Å²) >= 11 is 7.31. The molecule has 0 aliphatic rings. The first-order chi connectivity index (χ1) is 10.1. The number of anilines is 1. The van der Waals surface area contributed by atoms with Crippen molar-refractivity contribution in [2.24, 2.45) is 0 Å². The molecule has 0 spiro atoms. The van der Waals surface area contributed by atoms with Crippen LogP contribution in [0.1, 0.15) is 15.4 Å². The van der Waals surface area contributed by atoms with E-state index in [9.17, 15) is 9.59 Å². The van der Waals surface area contributed by atoms with E-state index in [0.717, 1.165) is 5.01 Å². The molecule has 2 amide bonds. The number of nitrogens with one attached hydrogen (secondary N) is 2. The predicted octanol–water partition coefficient (Wildman–Crippen LogP) is 2.86. The van der Waals surface area contributed by atoms with Crippen LogP contribution in [0.4, 0.5) is 10.5 Å². The highest BCUT2D eigenvalue weighted by Gasteiger charge is 2.12. The van der Waals surface area contributed by atoms with E-state index in [0.29, 0.717) is 18.0 Å². The molecule has 2 aromatic rings. The molecule has 0 radical (unpaired) electrons. The highest BCUT2D eigenvalue weighted by atomic mass is 35.5. The topological polar surface area (TPSA) is 91.3 Å². The van der Waals surface area contributed by atoms with Crippen molar-refractivity contribution in [2.45, 2.75) is 6.42 Å². The second kappa shape index (κ2) is 7.05. The van der Waals surface area contributed by atoms with Crippen LogP contribution < -0.4 is 10.6 Å². The number of carbonyl (C=O) groups excluding carboxylic acids is 1. The molecular weight excluding hydrogens is 314 g/mol. The molecule has 8 heteroatoms. The van der Waals surface area contributed by atoms with Crippen LogP contribution in [0.25, 0.3) is 0 Å². The molecule has 0 bridgehead atoms. The molecule has 3 N–H and O–H groups in total. The summed E-state index contributed by atoms with van der Waals surface area (Å²) in [5.74, 6) is -1.13. The average Bonchev–Trinajstić information content (AvgIpc) is 2.91. The summed E-state index contributed by atoms with van der Waals surface area (Å²) in [6.45, 7) is 0.405. The van der Waals surface area contributed by atoms with Crippen LogP contribution in [0.15, 0.2) is 29.8 Å². The van der Waals surface area contributed by atoms with Gasteiger partial charge in [-0.25, -0.2) is 14.6 Å². The average molecular weight is 326 g/mol. The van der Waals surface area contributed by atoms with Gasteiger partial charge in [0.2, 0.25) is 0 Å². The van der Waals surface area contributed by atoms with Crippen molar-refractivity contribution in [2.75, 3.05) is 11.9 Å². The number of benzene rings is 1. The smallest absolute Gasteiger partial charge is 0.337 e. The van der Waals surface area contributed by atoms with Crippen LogP contribution in [0.3, 0.4) is 0 Å². The number of hydrogen-bond acceptors (Lipinski definition) is 4. The minimum atomic E-state index is -1.13. The van der Waals surface area contributed by atoms with Crippen LogP contribution in [0.2, 0.25) is 5.02 Å². The number of aromatic carboxylic acids is 1. The van der Waals surface area contributed by atoms with Crippen molar-refractivity contribution in [3.8, 4) is 0 Å². The highest BCUT2D eigenvalue weighted by molar-refractivity contribution is 7.09. The largest absolute Gasteiger partial charge is 0.478 e. The minimum absolute atomic E-state index is 0.0190. The van der Waals surface area contributed by atoms with Gasteiger partial charge in [-0.1, -0.05) is 11.6 Å². The molecule has 21 heavy (non-hydrogen) atoms. The molecule has 0 saturated heterocycles. The first-order valence-corrected chi connectivity index (χ1v) is 7.28. The Morgan fingerprint density at radius 2 is 2.19 bits per heavy atom. The van der Waals surface area contributed by atoms with Crippen LogP contribution in [0, 0.1) is 0 Å². The lowest BCUT2D eigenvalue weighted by atomic mass is 10.2. The zero-order valence-corrected chi connectivity index (χ0v) is 12.4. The van der Waals surface area contributed by atoms with Crippen molar-refractivity contribution in [3.05, 3.63) is 45.4 Å². The van der Waals surface area contributed by atoms with E-state index < -0.39 is 12.0 Å². The second-order valence-corrected chi connectivity index (χ2v) is 5.47. The summed E-state index contributed by atoms with van der Waals surface area (Å²) in [5, 5.41) is 17.3. The molecule has 1 heterocycles. The number of hydrogen-bond donors (Lipinski definition) is 3. The van der Waals surface area contributed by atoms with Gasteiger partial charge >= 0.3 is 12.0 Å². The molecule has 0 saturated carbocycles. The number of aromatic nitrogens is 1. The van der Waals surface area contributed by atoms with Gasteiger partial charge in [0.1, 0.15) is 0 Å². The number of carboxylic acid groups (broad SMARTS) is 1. The molecular formula is C13H12ClN3O3S. The number of halogens is 1. The monoisotopic (exact) mass is 325 g/mol. The molecule has 0 aliphatic carbocycles. The molecule has 1 aromatic heterocycles. The number of urea groups is 1. The third-order valence-corrected chi connectivity index (χ3v) is 3.64. The van der Waals surface area contributed by atoms with Crippen LogP contribution in [0.5, 0.6) is 0 Å². The van der Waals surface area contributed by atoms with Crippen molar-refractivity contribution >= 4 is 40.6 Å². The van der Waals surface area contributed by atoms with Gasteiger partial charge in [-0.15, -0.1) is 11.3 Å². The molecule has 0 atom stereocenters. The van der Waals surface area contributed by atoms with Crippen molar-refractivity contribution < 1.29 is 14.7 Å². The molecule has 1 aromatic carbocycles. The van der Waals surface area contributed by atoms with Crippen molar-refractivity contribution in [1.82, 2.24) is 10.3 Å². The van der Waals surface area contributed by atoms with Gasteiger partial charge in [-0.05, 0) is 18.2 Å². The standard InChI is InChI=1S/C13H12ClN3O3S/c14-8-1-2-9(12(18)19)10(7-8)17-13(20)16-4-3-11-15-5-6-21-11/h1-2,5-7H,3-4H2,(H,18,19)(H2,16,17,20). The fraction of sp³-hybridized carbons (Fsp3) is 0.154. The Morgan fingerprint density at radius 3 is 2.86 bits per heavy atom. The minimum Gasteiger partial charge on any atom is -0.478 e. The maximum absolute atomic E-state index is 11.8. The predicted molar refractivity (Wildman–Crippen MR) is 81.3 cm³/mol. The first-order valence-electron chi connectivity index (χ1n) is 6.02. The number of carboxylic acids is 1. The summed E-state index contributed by atoms with van der Waals surface area (Å²) in [7, 11) is 0. The maximum Gasteiger partial charge on any atom is 0.337 e. The number of carbonyl (C=O) groups is 2. The lowest BCUT2D eigenvalue weighted by Gasteiger charge is -2.10. The Hall–Kier alpha value is -2.12. The zero-order chi connectivity index (χ0) is 15.2. The molecule has 0 unspecified atom stereocenters. The number of thiazole rings is 1. The lowest BCUT2D eigenvalue weighted by Crippen LogP contribution is -2.31. The molecule has 0 fully saturated rings. The third kappa shape index (κ3) is 4.44. The van der Waals surface area contributed by atoms with Crippen LogP contribution in [-0.4, -0.2) is 28.6 Å². The Morgan fingerprint density at radius 1 is 1.38 bits per heavy atom. The molecule has 110 valence electrons. The lowest BCUT2D eigenvalue weighted by molar-refractivity contribution is 0.0698. The van der Waals surface area contributed by atoms with E-state index in [1.807, 2.05) is 5.38 Å². The van der Waals surface area contributed by atoms with Gasteiger partial charge in [-0.2, -0.15) is 0 Å². The third-order valence-electron chi connectivity index (χ3n) is 2.57. The normalized spacial score (nSPS) is 10.1. The maximum atomic E-state index is 11.8. The second-order valence-electron chi connectivity index (χ2n) is 4.05. The molecule has 2 rings (SSSR count). The summed E-state index contributed by atoms with van der Waals surface area (Å²) in [6.07, 6.45) is 2.32. The van der Waals surface area contributed by atoms with Crippen LogP contribution in [-0.2, 0) is 6.42 Å². The van der Waals surface area contributed by atoms with Gasteiger partial charge in [-0.3, -0.25) is 0 Å². The van der Waals surface area contributed by atoms with E-state index in [1.54, 1.807) is 6.20 Å². The Bertz CT molecular complexity index is 646. The number of amides is 2. The Labute approximate surface area is 129 Å². The first kappa shape index (κ1) is 15.3. The zero-order valence-electron chi connectivity index (χ0n) is 10.8. The Balaban J connectivity index is 1.93. The van der Waals surface area contributed by atoms with Crippen molar-refractivity contribution in [3.63, 3.8) is 0 Å². The van der Waals surface area contributed by atoms with Gasteiger partial charge in [0.25, 0.3) is 0 Å². The van der Waals surface area contributed by atoms with Gasteiger partial charge < -0.3 is 15.7 Å². The summed E-state index contributed by atoms with van der Waals surface area (Å²) in [5.41, 5.74) is 0.135. The number of nitrogens with zero attached hydrogens (tertiary/aromatic N) is 1. The fourth-order valence-corrected chi connectivity index (χ4v) is 2.42. The number of rotatable bonds is 5. The van der Waals surface area contributed by atoms with Crippen molar-refractivity contribution in [1.29, 1.82) is 0 Å². The Kier molecular flexibility index (Phi) is 5.13. The SMILES string of the molecule is O=C(NCCc1nccs1)Nc1cc(Cl)ccc1C(=O)O. The van der Waals surface area contributed by atoms with Gasteiger partial charge in [0, 0.05) is 29.6 Å². The molecule has 0 aliphatic heterocycles. The molecule has 6 nitrogen and oxygen atoms in total.